The zero-order valence-corrected chi connectivity index (χ0v) is 14.4. The fraction of sp³-hybridized carbons (Fsp3) is 0.389. The van der Waals surface area contributed by atoms with Gasteiger partial charge in [-0.25, -0.2) is 4.79 Å². The van der Waals surface area contributed by atoms with Crippen molar-refractivity contribution in [2.75, 3.05) is 6.61 Å². The van der Waals surface area contributed by atoms with Crippen molar-refractivity contribution in [2.24, 2.45) is 0 Å². The number of carbonyl (C=O) groups is 1. The van der Waals surface area contributed by atoms with E-state index in [1.165, 1.54) is 12.1 Å². The van der Waals surface area contributed by atoms with Crippen LogP contribution in [0.2, 0.25) is 0 Å². The Hall–Kier alpha value is -2.63. The van der Waals surface area contributed by atoms with Gasteiger partial charge in [0.25, 0.3) is 5.69 Å². The summed E-state index contributed by atoms with van der Waals surface area (Å²) >= 11 is 0. The second kappa shape index (κ2) is 7.29. The molecule has 0 N–H and O–H groups in total. The second-order valence-corrected chi connectivity index (χ2v) is 5.89. The third kappa shape index (κ3) is 3.48. The Bertz CT molecular complexity index is 689. The van der Waals surface area contributed by atoms with Crippen LogP contribution in [0.15, 0.2) is 47.8 Å². The van der Waals surface area contributed by atoms with Crippen molar-refractivity contribution in [3.05, 3.63) is 63.5 Å². The van der Waals surface area contributed by atoms with Gasteiger partial charge in [0.15, 0.2) is 0 Å². The third-order valence-electron chi connectivity index (χ3n) is 4.04. The van der Waals surface area contributed by atoms with Crippen molar-refractivity contribution in [1.82, 2.24) is 4.90 Å². The van der Waals surface area contributed by atoms with Crippen LogP contribution in [0.1, 0.15) is 39.2 Å². The summed E-state index contributed by atoms with van der Waals surface area (Å²) in [5, 5.41) is 10.8. The zero-order valence-electron chi connectivity index (χ0n) is 14.4. The van der Waals surface area contributed by atoms with Crippen molar-refractivity contribution >= 4 is 11.7 Å². The summed E-state index contributed by atoms with van der Waals surface area (Å²) in [6.45, 7) is 8.06. The lowest BCUT2D eigenvalue weighted by atomic mass is 9.87. The van der Waals surface area contributed by atoms with Crippen LogP contribution in [-0.2, 0) is 9.53 Å². The zero-order chi connectivity index (χ0) is 17.9. The highest BCUT2D eigenvalue weighted by Crippen LogP contribution is 2.35. The second-order valence-electron chi connectivity index (χ2n) is 5.89. The molecule has 0 bridgehead atoms. The molecule has 0 aromatic heterocycles. The van der Waals surface area contributed by atoms with Gasteiger partial charge in [0.1, 0.15) is 0 Å². The molecule has 0 unspecified atom stereocenters. The lowest BCUT2D eigenvalue weighted by Crippen LogP contribution is -2.31. The molecule has 1 aliphatic rings. The fourth-order valence-corrected chi connectivity index (χ4v) is 2.88. The molecule has 128 valence electrons. The molecule has 0 radical (unpaired) electrons. The van der Waals surface area contributed by atoms with Crippen molar-refractivity contribution in [1.29, 1.82) is 0 Å². The van der Waals surface area contributed by atoms with Gasteiger partial charge in [0.2, 0.25) is 0 Å². The molecule has 0 spiro atoms. The van der Waals surface area contributed by atoms with Crippen molar-refractivity contribution in [3.8, 4) is 0 Å². The van der Waals surface area contributed by atoms with Crippen LogP contribution in [0.5, 0.6) is 0 Å². The first kappa shape index (κ1) is 17.7. The van der Waals surface area contributed by atoms with E-state index in [2.05, 4.69) is 0 Å². The molecule has 1 aromatic rings. The van der Waals surface area contributed by atoms with Gasteiger partial charge in [0.05, 0.1) is 17.1 Å². The van der Waals surface area contributed by atoms with Crippen molar-refractivity contribution in [2.45, 2.75) is 39.7 Å². The normalized spacial score (nSPS) is 17.4. The minimum absolute atomic E-state index is 0.0285. The van der Waals surface area contributed by atoms with E-state index in [1.54, 1.807) is 19.1 Å². The van der Waals surface area contributed by atoms with Gasteiger partial charge < -0.3 is 9.64 Å². The predicted octanol–water partition coefficient (Wildman–Crippen LogP) is 3.75. The number of ether oxygens (including phenoxy) is 1. The van der Waals surface area contributed by atoms with Crippen LogP contribution < -0.4 is 0 Å². The third-order valence-corrected chi connectivity index (χ3v) is 4.04. The fourth-order valence-electron chi connectivity index (χ4n) is 2.88. The molecule has 1 heterocycles. The molecule has 1 aromatic carbocycles. The lowest BCUT2D eigenvalue weighted by molar-refractivity contribution is -0.384. The number of hydrogen-bond acceptors (Lipinski definition) is 5. The van der Waals surface area contributed by atoms with Crippen LogP contribution in [-0.4, -0.2) is 28.4 Å². The van der Waals surface area contributed by atoms with Gasteiger partial charge in [-0.3, -0.25) is 10.1 Å². The topological polar surface area (TPSA) is 72.7 Å². The standard InChI is InChI=1S/C18H22N2O4/c1-5-24-18(21)17-13(4)19(12(2)3)11-10-16(17)14-6-8-15(9-7-14)20(22)23/h6-12,16H,5H2,1-4H3/t16-/m0/s1. The Balaban J connectivity index is 2.45. The molecule has 0 saturated carbocycles. The Morgan fingerprint density at radius 2 is 1.96 bits per heavy atom. The number of nitro benzene ring substituents is 1. The molecule has 24 heavy (non-hydrogen) atoms. The van der Waals surface area contributed by atoms with Gasteiger partial charge in [-0.05, 0) is 33.3 Å². The summed E-state index contributed by atoms with van der Waals surface area (Å²) < 4.78 is 5.23. The molecule has 0 aliphatic carbocycles. The number of esters is 1. The molecule has 0 amide bonds. The quantitative estimate of drug-likeness (QED) is 0.467. The average molecular weight is 330 g/mol. The minimum atomic E-state index is -0.436. The number of allylic oxidation sites excluding steroid dienone is 2. The first-order valence-corrected chi connectivity index (χ1v) is 7.95. The number of nitro groups is 1. The van der Waals surface area contributed by atoms with E-state index >= 15 is 0 Å². The summed E-state index contributed by atoms with van der Waals surface area (Å²) in [5.74, 6) is -0.631. The highest BCUT2D eigenvalue weighted by atomic mass is 16.6. The maximum atomic E-state index is 12.5. The molecule has 6 nitrogen and oxygen atoms in total. The van der Waals surface area contributed by atoms with Gasteiger partial charge in [-0.15, -0.1) is 0 Å². The molecule has 1 atom stereocenters. The number of nitrogens with zero attached hydrogens (tertiary/aromatic N) is 2. The van der Waals surface area contributed by atoms with E-state index < -0.39 is 4.92 Å². The van der Waals surface area contributed by atoms with E-state index in [0.29, 0.717) is 12.2 Å². The Kier molecular flexibility index (Phi) is 5.39. The van der Waals surface area contributed by atoms with Crippen molar-refractivity contribution < 1.29 is 14.5 Å². The van der Waals surface area contributed by atoms with Gasteiger partial charge >= 0.3 is 5.97 Å². The number of rotatable bonds is 5. The Labute approximate surface area is 141 Å². The van der Waals surface area contributed by atoms with Crippen LogP contribution in [0, 0.1) is 10.1 Å². The molecule has 6 heteroatoms. The van der Waals surface area contributed by atoms with Crippen LogP contribution in [0.4, 0.5) is 5.69 Å². The van der Waals surface area contributed by atoms with Crippen LogP contribution in [0.25, 0.3) is 0 Å². The smallest absolute Gasteiger partial charge is 0.336 e. The molecule has 1 aliphatic heterocycles. The minimum Gasteiger partial charge on any atom is -0.463 e. The lowest BCUT2D eigenvalue weighted by Gasteiger charge is -2.33. The summed E-state index contributed by atoms with van der Waals surface area (Å²) in [4.78, 5) is 24.9. The number of non-ortho nitro benzene ring substituents is 1. The van der Waals surface area contributed by atoms with E-state index in [9.17, 15) is 14.9 Å². The van der Waals surface area contributed by atoms with E-state index in [0.717, 1.165) is 11.3 Å². The van der Waals surface area contributed by atoms with E-state index in [-0.39, 0.29) is 23.6 Å². The molecular weight excluding hydrogens is 308 g/mol. The summed E-state index contributed by atoms with van der Waals surface area (Å²) in [5.41, 5.74) is 2.26. The Morgan fingerprint density at radius 3 is 2.46 bits per heavy atom. The number of carbonyl (C=O) groups excluding carboxylic acids is 1. The molecule has 2 rings (SSSR count). The summed E-state index contributed by atoms with van der Waals surface area (Å²) in [6.07, 6.45) is 3.88. The van der Waals surface area contributed by atoms with Crippen molar-refractivity contribution in [3.63, 3.8) is 0 Å². The van der Waals surface area contributed by atoms with Gasteiger partial charge in [-0.1, -0.05) is 18.2 Å². The number of hydrogen-bond donors (Lipinski definition) is 0. The van der Waals surface area contributed by atoms with E-state index in [4.69, 9.17) is 4.74 Å². The number of benzene rings is 1. The molecule has 0 fully saturated rings. The highest BCUT2D eigenvalue weighted by Gasteiger charge is 2.30. The first-order valence-electron chi connectivity index (χ1n) is 7.95. The Morgan fingerprint density at radius 1 is 1.33 bits per heavy atom. The maximum Gasteiger partial charge on any atom is 0.336 e. The largest absolute Gasteiger partial charge is 0.463 e. The maximum absolute atomic E-state index is 12.5. The van der Waals surface area contributed by atoms with E-state index in [1.807, 2.05) is 37.9 Å². The molecule has 0 saturated heterocycles. The summed E-state index contributed by atoms with van der Waals surface area (Å²) in [7, 11) is 0. The SMILES string of the molecule is CCOC(=O)C1=C(C)N(C(C)C)C=C[C@H]1c1ccc([N+](=O)[O-])cc1. The van der Waals surface area contributed by atoms with Crippen LogP contribution in [0.3, 0.4) is 0 Å². The first-order chi connectivity index (χ1) is 11.4. The van der Waals surface area contributed by atoms with Gasteiger partial charge in [-0.2, -0.15) is 0 Å². The van der Waals surface area contributed by atoms with Crippen LogP contribution >= 0.6 is 0 Å². The summed E-state index contributed by atoms with van der Waals surface area (Å²) in [6, 6.07) is 6.49. The highest BCUT2D eigenvalue weighted by molar-refractivity contribution is 5.92. The average Bonchev–Trinajstić information content (AvgIpc) is 2.54. The molecular formula is C18H22N2O4. The predicted molar refractivity (Wildman–Crippen MR) is 91.3 cm³/mol. The monoisotopic (exact) mass is 330 g/mol. The van der Waals surface area contributed by atoms with Gasteiger partial charge in [0, 0.05) is 36.0 Å².